The Balaban J connectivity index is 1.48. The van der Waals surface area contributed by atoms with Gasteiger partial charge < -0.3 is 14.5 Å². The van der Waals surface area contributed by atoms with E-state index in [4.69, 9.17) is 9.15 Å². The lowest BCUT2D eigenvalue weighted by atomic mass is 10.0. The van der Waals surface area contributed by atoms with Crippen molar-refractivity contribution in [3.05, 3.63) is 59.5 Å². The SMILES string of the molecule is Cc1ccc(C2=NN(C(=O)COC(=O)[C@@H]3CCC(=O)N3)[C@@H](c3ccco3)C2)cc1. The predicted octanol–water partition coefficient (Wildman–Crippen LogP) is 2.09. The summed E-state index contributed by atoms with van der Waals surface area (Å²) < 4.78 is 10.6. The Morgan fingerprint density at radius 3 is 2.72 bits per heavy atom. The fourth-order valence-electron chi connectivity index (χ4n) is 3.45. The number of esters is 1. The topological polar surface area (TPSA) is 101 Å². The van der Waals surface area contributed by atoms with Gasteiger partial charge in [0.25, 0.3) is 5.91 Å². The van der Waals surface area contributed by atoms with E-state index in [0.717, 1.165) is 16.8 Å². The van der Waals surface area contributed by atoms with E-state index in [1.165, 1.54) is 5.01 Å². The number of ether oxygens (including phenoxy) is 1. The van der Waals surface area contributed by atoms with Gasteiger partial charge >= 0.3 is 5.97 Å². The van der Waals surface area contributed by atoms with Gasteiger partial charge in [-0.3, -0.25) is 9.59 Å². The van der Waals surface area contributed by atoms with Crippen LogP contribution in [0.4, 0.5) is 0 Å². The molecule has 2 aliphatic rings. The van der Waals surface area contributed by atoms with Gasteiger partial charge in [0, 0.05) is 12.8 Å². The van der Waals surface area contributed by atoms with Crippen molar-refractivity contribution < 1.29 is 23.5 Å². The lowest BCUT2D eigenvalue weighted by Crippen LogP contribution is -2.37. The standard InChI is InChI=1S/C21H21N3O5/c1-13-4-6-14(7-5-13)16-11-17(18-3-2-10-28-18)24(23-16)20(26)12-29-21(27)15-8-9-19(25)22-15/h2-7,10,15,17H,8-9,11-12H2,1H3,(H,22,25)/t15-,17+/m0/s1. The van der Waals surface area contributed by atoms with E-state index in [2.05, 4.69) is 10.4 Å². The molecule has 2 aliphatic heterocycles. The molecule has 0 aliphatic carbocycles. The van der Waals surface area contributed by atoms with Crippen molar-refractivity contribution in [2.24, 2.45) is 5.10 Å². The van der Waals surface area contributed by atoms with Gasteiger partial charge in [0.2, 0.25) is 5.91 Å². The molecule has 0 spiro atoms. The number of aryl methyl sites for hydroxylation is 1. The molecule has 1 aromatic heterocycles. The molecule has 1 aromatic carbocycles. The second kappa shape index (κ2) is 7.90. The summed E-state index contributed by atoms with van der Waals surface area (Å²) in [5.74, 6) is -0.645. The number of hydrazone groups is 1. The number of hydrogen-bond acceptors (Lipinski definition) is 6. The van der Waals surface area contributed by atoms with Crippen LogP contribution < -0.4 is 5.32 Å². The van der Waals surface area contributed by atoms with Gasteiger partial charge in [-0.05, 0) is 31.0 Å². The average Bonchev–Trinajstić information content (AvgIpc) is 3.46. The minimum Gasteiger partial charge on any atom is -0.467 e. The molecule has 8 nitrogen and oxygen atoms in total. The minimum absolute atomic E-state index is 0.192. The van der Waals surface area contributed by atoms with Crippen LogP contribution in [-0.4, -0.2) is 41.2 Å². The molecule has 29 heavy (non-hydrogen) atoms. The van der Waals surface area contributed by atoms with Crippen LogP contribution in [0.1, 0.15) is 42.2 Å². The minimum atomic E-state index is -0.693. The maximum atomic E-state index is 12.8. The second-order valence-electron chi connectivity index (χ2n) is 7.15. The van der Waals surface area contributed by atoms with E-state index in [9.17, 15) is 14.4 Å². The fourth-order valence-corrected chi connectivity index (χ4v) is 3.45. The van der Waals surface area contributed by atoms with Gasteiger partial charge in [-0.25, -0.2) is 9.80 Å². The van der Waals surface area contributed by atoms with Crippen molar-refractivity contribution >= 4 is 23.5 Å². The highest BCUT2D eigenvalue weighted by Crippen LogP contribution is 2.33. The van der Waals surface area contributed by atoms with E-state index in [1.807, 2.05) is 31.2 Å². The molecule has 0 radical (unpaired) electrons. The van der Waals surface area contributed by atoms with Crippen LogP contribution in [0.15, 0.2) is 52.2 Å². The lowest BCUT2D eigenvalue weighted by Gasteiger charge is -2.20. The quantitative estimate of drug-likeness (QED) is 0.781. The molecule has 4 rings (SSSR count). The van der Waals surface area contributed by atoms with Crippen molar-refractivity contribution in [1.29, 1.82) is 0 Å². The molecule has 1 saturated heterocycles. The highest BCUT2D eigenvalue weighted by molar-refractivity contribution is 6.03. The first kappa shape index (κ1) is 18.9. The molecular formula is C21H21N3O5. The van der Waals surface area contributed by atoms with Crippen molar-refractivity contribution in [2.75, 3.05) is 6.61 Å². The largest absolute Gasteiger partial charge is 0.467 e. The molecule has 150 valence electrons. The van der Waals surface area contributed by atoms with Gasteiger partial charge in [-0.15, -0.1) is 0 Å². The molecule has 2 amide bonds. The fraction of sp³-hybridized carbons (Fsp3) is 0.333. The summed E-state index contributed by atoms with van der Waals surface area (Å²) in [6, 6.07) is 10.3. The third kappa shape index (κ3) is 4.06. The molecule has 8 heteroatoms. The van der Waals surface area contributed by atoms with Crippen LogP contribution >= 0.6 is 0 Å². The van der Waals surface area contributed by atoms with E-state index < -0.39 is 30.6 Å². The number of carbonyl (C=O) groups is 3. The molecule has 3 heterocycles. The molecule has 1 N–H and O–H groups in total. The molecule has 0 unspecified atom stereocenters. The van der Waals surface area contributed by atoms with Crippen LogP contribution in [0.3, 0.4) is 0 Å². The lowest BCUT2D eigenvalue weighted by molar-refractivity contribution is -0.154. The highest BCUT2D eigenvalue weighted by atomic mass is 16.5. The first-order valence-corrected chi connectivity index (χ1v) is 9.47. The molecule has 2 aromatic rings. The first-order chi connectivity index (χ1) is 14.0. The van der Waals surface area contributed by atoms with Crippen molar-refractivity contribution in [2.45, 2.75) is 38.3 Å². The summed E-state index contributed by atoms with van der Waals surface area (Å²) in [6.07, 6.45) is 2.70. The Morgan fingerprint density at radius 1 is 1.28 bits per heavy atom. The summed E-state index contributed by atoms with van der Waals surface area (Å²) in [6.45, 7) is 1.55. The number of nitrogens with one attached hydrogen (secondary N) is 1. The van der Waals surface area contributed by atoms with Crippen molar-refractivity contribution in [1.82, 2.24) is 10.3 Å². The number of amides is 2. The maximum absolute atomic E-state index is 12.8. The number of hydrogen-bond donors (Lipinski definition) is 1. The molecular weight excluding hydrogens is 374 g/mol. The van der Waals surface area contributed by atoms with Crippen LogP contribution in [0.25, 0.3) is 0 Å². The Kier molecular flexibility index (Phi) is 5.16. The first-order valence-electron chi connectivity index (χ1n) is 9.47. The van der Waals surface area contributed by atoms with Gasteiger partial charge in [-0.1, -0.05) is 29.8 Å². The summed E-state index contributed by atoms with van der Waals surface area (Å²) in [5, 5.41) is 8.34. The number of benzene rings is 1. The molecule has 0 bridgehead atoms. The highest BCUT2D eigenvalue weighted by Gasteiger charge is 2.36. The molecule has 0 saturated carbocycles. The van der Waals surface area contributed by atoms with Crippen molar-refractivity contribution in [3.8, 4) is 0 Å². The van der Waals surface area contributed by atoms with Crippen LogP contribution in [-0.2, 0) is 19.1 Å². The summed E-state index contributed by atoms with van der Waals surface area (Å²) in [4.78, 5) is 36.1. The smallest absolute Gasteiger partial charge is 0.329 e. The Morgan fingerprint density at radius 2 is 2.07 bits per heavy atom. The molecule has 1 fully saturated rings. The van der Waals surface area contributed by atoms with E-state index in [1.54, 1.807) is 18.4 Å². The molecule has 2 atom stereocenters. The predicted molar refractivity (Wildman–Crippen MR) is 103 cm³/mol. The van der Waals surface area contributed by atoms with Crippen LogP contribution in [0.2, 0.25) is 0 Å². The Hall–Kier alpha value is -3.42. The second-order valence-corrected chi connectivity index (χ2v) is 7.15. The van der Waals surface area contributed by atoms with Gasteiger partial charge in [0.1, 0.15) is 17.8 Å². The van der Waals surface area contributed by atoms with Gasteiger partial charge in [0.15, 0.2) is 6.61 Å². The number of furan rings is 1. The zero-order chi connectivity index (χ0) is 20.4. The average molecular weight is 395 g/mol. The number of rotatable bonds is 5. The third-order valence-corrected chi connectivity index (χ3v) is 5.04. The van der Waals surface area contributed by atoms with Crippen LogP contribution in [0, 0.1) is 6.92 Å². The van der Waals surface area contributed by atoms with E-state index in [0.29, 0.717) is 18.6 Å². The maximum Gasteiger partial charge on any atom is 0.329 e. The van der Waals surface area contributed by atoms with Crippen LogP contribution in [0.5, 0.6) is 0 Å². The van der Waals surface area contributed by atoms with E-state index in [-0.39, 0.29) is 12.3 Å². The van der Waals surface area contributed by atoms with Gasteiger partial charge in [0.05, 0.1) is 12.0 Å². The number of carbonyl (C=O) groups excluding carboxylic acids is 3. The van der Waals surface area contributed by atoms with E-state index >= 15 is 0 Å². The zero-order valence-corrected chi connectivity index (χ0v) is 16.0. The van der Waals surface area contributed by atoms with Gasteiger partial charge in [-0.2, -0.15) is 5.10 Å². The number of nitrogens with zero attached hydrogens (tertiary/aromatic N) is 2. The Bertz CT molecular complexity index is 949. The summed E-state index contributed by atoms with van der Waals surface area (Å²) in [5.41, 5.74) is 2.82. The Labute approximate surface area is 167 Å². The normalized spacial score (nSPS) is 21.1. The summed E-state index contributed by atoms with van der Waals surface area (Å²) in [7, 11) is 0. The zero-order valence-electron chi connectivity index (χ0n) is 16.0. The monoisotopic (exact) mass is 395 g/mol. The van der Waals surface area contributed by atoms with Crippen molar-refractivity contribution in [3.63, 3.8) is 0 Å². The third-order valence-electron chi connectivity index (χ3n) is 5.04. The summed E-state index contributed by atoms with van der Waals surface area (Å²) >= 11 is 0.